The molecule has 1 N–H and O–H groups in total. The van der Waals surface area contributed by atoms with Gasteiger partial charge in [0.15, 0.2) is 5.71 Å². The molecule has 0 aromatic heterocycles. The molecule has 1 aliphatic heterocycles. The van der Waals surface area contributed by atoms with Crippen LogP contribution in [0.2, 0.25) is 0 Å². The average Bonchev–Trinajstić information content (AvgIpc) is 2.58. The van der Waals surface area contributed by atoms with Crippen molar-refractivity contribution in [2.45, 2.75) is 0 Å². The molecular weight excluding hydrogens is 184 g/mol. The van der Waals surface area contributed by atoms with Crippen molar-refractivity contribution in [3.63, 3.8) is 0 Å². The second-order valence-corrected chi connectivity index (χ2v) is 2.63. The number of ether oxygens (including phenoxy) is 1. The maximum Gasteiger partial charge on any atom is 0.285 e. The van der Waals surface area contributed by atoms with Crippen molar-refractivity contribution in [3.05, 3.63) is 29.8 Å². The summed E-state index contributed by atoms with van der Waals surface area (Å²) in [5, 5.41) is 15.4. The van der Waals surface area contributed by atoms with Gasteiger partial charge < -0.3 is 14.8 Å². The Labute approximate surface area is 80.2 Å². The largest absolute Gasteiger partial charge is 0.434 e. The van der Waals surface area contributed by atoms with Gasteiger partial charge in [0.1, 0.15) is 12.9 Å². The van der Waals surface area contributed by atoms with Crippen LogP contribution in [0.25, 0.3) is 0 Å². The zero-order valence-corrected chi connectivity index (χ0v) is 7.47. The molecule has 72 valence electrons. The Bertz CT molecular complexity index is 412. The first-order chi connectivity index (χ1) is 6.86. The lowest BCUT2D eigenvalue weighted by molar-refractivity contribution is 0.214. The second kappa shape index (κ2) is 3.37. The van der Waals surface area contributed by atoms with Crippen LogP contribution in [-0.4, -0.2) is 23.9 Å². The van der Waals surface area contributed by atoms with E-state index in [4.69, 9.17) is 9.94 Å². The van der Waals surface area contributed by atoms with E-state index >= 15 is 0 Å². The van der Waals surface area contributed by atoms with E-state index in [9.17, 15) is 0 Å². The molecule has 0 radical (unpaired) electrons. The van der Waals surface area contributed by atoms with Crippen molar-refractivity contribution in [3.8, 4) is 5.75 Å². The third-order valence-corrected chi connectivity index (χ3v) is 1.82. The first-order valence-electron chi connectivity index (χ1n) is 3.97. The summed E-state index contributed by atoms with van der Waals surface area (Å²) in [5.74, 6) is 0.657. The van der Waals surface area contributed by atoms with Crippen molar-refractivity contribution in [1.82, 2.24) is 0 Å². The topological polar surface area (TPSA) is 63.4 Å². The van der Waals surface area contributed by atoms with E-state index in [2.05, 4.69) is 15.1 Å². The van der Waals surface area contributed by atoms with Crippen molar-refractivity contribution >= 4 is 11.6 Å². The number of oxime groups is 2. The zero-order valence-electron chi connectivity index (χ0n) is 7.47. The normalized spacial score (nSPS) is 19.5. The fraction of sp³-hybridized carbons (Fsp3) is 0.111. The third-order valence-electron chi connectivity index (χ3n) is 1.82. The summed E-state index contributed by atoms with van der Waals surface area (Å²) in [6.07, 6.45) is 0. The van der Waals surface area contributed by atoms with E-state index in [-0.39, 0.29) is 5.90 Å². The van der Waals surface area contributed by atoms with Crippen LogP contribution in [0.1, 0.15) is 5.56 Å². The van der Waals surface area contributed by atoms with Crippen molar-refractivity contribution in [2.75, 3.05) is 7.11 Å². The number of benzene rings is 1. The van der Waals surface area contributed by atoms with E-state index in [0.29, 0.717) is 11.5 Å². The summed E-state index contributed by atoms with van der Waals surface area (Å²) in [5.41, 5.74) is 1.15. The summed E-state index contributed by atoms with van der Waals surface area (Å²) >= 11 is 0. The maximum absolute atomic E-state index is 8.66. The van der Waals surface area contributed by atoms with Crippen LogP contribution >= 0.6 is 0 Å². The molecule has 0 bridgehead atoms. The van der Waals surface area contributed by atoms with Crippen LogP contribution in [0, 0.1) is 0 Å². The van der Waals surface area contributed by atoms with Gasteiger partial charge in [-0.3, -0.25) is 0 Å². The molecule has 1 aromatic carbocycles. The number of nitrogens with zero attached hydrogens (tertiary/aromatic N) is 2. The minimum Gasteiger partial charge on any atom is -0.434 e. The fourth-order valence-electron chi connectivity index (χ4n) is 1.27. The number of para-hydroxylation sites is 1. The first kappa shape index (κ1) is 8.55. The monoisotopic (exact) mass is 192 g/mol. The predicted molar refractivity (Wildman–Crippen MR) is 49.8 cm³/mol. The van der Waals surface area contributed by atoms with Gasteiger partial charge in [0.2, 0.25) is 0 Å². The molecule has 0 saturated carbocycles. The Morgan fingerprint density at radius 3 is 2.86 bits per heavy atom. The van der Waals surface area contributed by atoms with Crippen molar-refractivity contribution < 1.29 is 14.8 Å². The first-order valence-corrected chi connectivity index (χ1v) is 3.97. The van der Waals surface area contributed by atoms with Crippen LogP contribution in [0.15, 0.2) is 34.6 Å². The molecule has 14 heavy (non-hydrogen) atoms. The molecular formula is C9H8N2O3. The van der Waals surface area contributed by atoms with E-state index in [0.717, 1.165) is 5.56 Å². The Kier molecular flexibility index (Phi) is 2.06. The number of fused-ring (bicyclic) bond motifs is 1. The summed E-state index contributed by atoms with van der Waals surface area (Å²) in [4.78, 5) is 4.63. The standard InChI is InChI=1S/C9H8N2O3/c1-13-11-8-6-4-2-3-5-7(6)14-9(8)10-12/h2-5,12H,1H3/b10-9?,11-8+. The molecule has 1 heterocycles. The van der Waals surface area contributed by atoms with Crippen molar-refractivity contribution in [2.24, 2.45) is 10.3 Å². The zero-order chi connectivity index (χ0) is 9.97. The average molecular weight is 192 g/mol. The lowest BCUT2D eigenvalue weighted by Gasteiger charge is -1.93. The second-order valence-electron chi connectivity index (χ2n) is 2.63. The van der Waals surface area contributed by atoms with Crippen LogP contribution in [0.5, 0.6) is 5.75 Å². The quantitative estimate of drug-likeness (QED) is 0.537. The van der Waals surface area contributed by atoms with Gasteiger partial charge in [-0.2, -0.15) is 0 Å². The molecule has 1 aliphatic rings. The van der Waals surface area contributed by atoms with Crippen LogP contribution in [0.4, 0.5) is 0 Å². The molecule has 2 rings (SSSR count). The van der Waals surface area contributed by atoms with Crippen LogP contribution < -0.4 is 4.74 Å². The highest BCUT2D eigenvalue weighted by Gasteiger charge is 2.27. The van der Waals surface area contributed by atoms with Gasteiger partial charge in [-0.1, -0.05) is 17.3 Å². The van der Waals surface area contributed by atoms with Crippen LogP contribution in [-0.2, 0) is 4.84 Å². The SMILES string of the molecule is CO/N=C1/C(=NO)Oc2ccccc21. The van der Waals surface area contributed by atoms with Crippen molar-refractivity contribution in [1.29, 1.82) is 0 Å². The molecule has 0 saturated heterocycles. The minimum atomic E-state index is 0.0491. The summed E-state index contributed by atoms with van der Waals surface area (Å²) in [6, 6.07) is 7.24. The fourth-order valence-corrected chi connectivity index (χ4v) is 1.27. The minimum absolute atomic E-state index is 0.0491. The molecule has 0 aliphatic carbocycles. The molecule has 5 heteroatoms. The third kappa shape index (κ3) is 1.19. The molecule has 0 spiro atoms. The maximum atomic E-state index is 8.66. The van der Waals surface area contributed by atoms with Gasteiger partial charge in [-0.15, -0.1) is 0 Å². The van der Waals surface area contributed by atoms with E-state index in [1.807, 2.05) is 18.2 Å². The highest BCUT2D eigenvalue weighted by Crippen LogP contribution is 2.26. The predicted octanol–water partition coefficient (Wildman–Crippen LogP) is 1.22. The smallest absolute Gasteiger partial charge is 0.285 e. The van der Waals surface area contributed by atoms with E-state index in [1.54, 1.807) is 6.07 Å². The molecule has 0 atom stereocenters. The summed E-state index contributed by atoms with van der Waals surface area (Å²) < 4.78 is 5.21. The van der Waals surface area contributed by atoms with Crippen LogP contribution in [0.3, 0.4) is 0 Å². The molecule has 0 unspecified atom stereocenters. The Morgan fingerprint density at radius 1 is 1.36 bits per heavy atom. The lowest BCUT2D eigenvalue weighted by atomic mass is 10.1. The lowest BCUT2D eigenvalue weighted by Crippen LogP contribution is -2.13. The highest BCUT2D eigenvalue weighted by atomic mass is 16.6. The molecule has 1 aromatic rings. The van der Waals surface area contributed by atoms with Gasteiger partial charge in [-0.05, 0) is 17.3 Å². The van der Waals surface area contributed by atoms with E-state index in [1.165, 1.54) is 7.11 Å². The van der Waals surface area contributed by atoms with Gasteiger partial charge in [0.25, 0.3) is 5.90 Å². The summed E-state index contributed by atoms with van der Waals surface area (Å²) in [6.45, 7) is 0. The Morgan fingerprint density at radius 2 is 2.14 bits per heavy atom. The Hall–Kier alpha value is -2.04. The number of hydrogen-bond acceptors (Lipinski definition) is 5. The van der Waals surface area contributed by atoms with Gasteiger partial charge in [0.05, 0.1) is 5.56 Å². The highest BCUT2D eigenvalue weighted by molar-refractivity contribution is 6.48. The Balaban J connectivity index is 2.53. The van der Waals surface area contributed by atoms with Gasteiger partial charge >= 0.3 is 0 Å². The summed E-state index contributed by atoms with van der Waals surface area (Å²) in [7, 11) is 1.42. The molecule has 5 nitrogen and oxygen atoms in total. The molecule has 0 fully saturated rings. The van der Waals surface area contributed by atoms with Gasteiger partial charge in [0, 0.05) is 0 Å². The number of rotatable bonds is 1. The number of hydrogen-bond donors (Lipinski definition) is 1. The van der Waals surface area contributed by atoms with Gasteiger partial charge in [-0.25, -0.2) is 0 Å². The van der Waals surface area contributed by atoms with E-state index < -0.39 is 0 Å². The molecule has 0 amide bonds.